The molecule has 0 radical (unpaired) electrons. The third-order valence-corrected chi connectivity index (χ3v) is 5.99. The van der Waals surface area contributed by atoms with Crippen LogP contribution in [0.3, 0.4) is 0 Å². The lowest BCUT2D eigenvalue weighted by Gasteiger charge is -2.13. The molecule has 0 aliphatic rings. The van der Waals surface area contributed by atoms with Crippen molar-refractivity contribution < 1.29 is 13.2 Å². The molecule has 2 aromatic heterocycles. The van der Waals surface area contributed by atoms with Gasteiger partial charge in [-0.15, -0.1) is 4.83 Å². The summed E-state index contributed by atoms with van der Waals surface area (Å²) in [5.41, 5.74) is 4.74. The van der Waals surface area contributed by atoms with Crippen LogP contribution in [0.15, 0.2) is 58.4 Å². The minimum absolute atomic E-state index is 0.0280. The summed E-state index contributed by atoms with van der Waals surface area (Å²) in [5.74, 6) is -0.626. The van der Waals surface area contributed by atoms with Crippen LogP contribution in [0.25, 0.3) is 0 Å². The Labute approximate surface area is 185 Å². The number of pyridine rings is 1. The van der Waals surface area contributed by atoms with E-state index in [9.17, 15) is 18.0 Å². The predicted octanol–water partition coefficient (Wildman–Crippen LogP) is 1.19. The molecule has 0 fully saturated rings. The Hall–Kier alpha value is -3.57. The number of aryl methyl sites for hydroxylation is 3. The van der Waals surface area contributed by atoms with E-state index < -0.39 is 15.6 Å². The van der Waals surface area contributed by atoms with E-state index in [0.29, 0.717) is 5.69 Å². The number of carbonyl (C=O) groups is 1. The lowest BCUT2D eigenvalue weighted by Crippen LogP contribution is -2.38. The number of hydrazine groups is 1. The maximum atomic E-state index is 12.8. The molecule has 3 N–H and O–H groups in total. The zero-order valence-electron chi connectivity index (χ0n) is 17.9. The number of amides is 1. The van der Waals surface area contributed by atoms with Crippen LogP contribution in [0.4, 0.5) is 5.82 Å². The molecule has 1 amide bonds. The number of rotatable bonds is 8. The van der Waals surface area contributed by atoms with E-state index in [1.54, 1.807) is 25.1 Å². The second-order valence-corrected chi connectivity index (χ2v) is 8.84. The number of nitrogens with zero attached hydrogens (tertiary/aromatic N) is 3. The molecule has 11 heteroatoms. The highest BCUT2D eigenvalue weighted by molar-refractivity contribution is 7.89. The molecular formula is C21H24N6O4S. The number of sulfonamides is 1. The lowest BCUT2D eigenvalue weighted by atomic mass is 10.2. The third kappa shape index (κ3) is 5.56. The Kier molecular flexibility index (Phi) is 7.01. The summed E-state index contributed by atoms with van der Waals surface area (Å²) in [7, 11) is -3.90. The maximum Gasteiger partial charge on any atom is 0.295 e. The molecule has 1 aromatic carbocycles. The average Bonchev–Trinajstić information content (AvgIpc) is 2.76. The van der Waals surface area contributed by atoms with Gasteiger partial charge in [0, 0.05) is 29.8 Å². The fraction of sp³-hybridized carbons (Fsp3) is 0.238. The monoisotopic (exact) mass is 456 g/mol. The maximum absolute atomic E-state index is 12.8. The topological polar surface area (TPSA) is 135 Å². The fourth-order valence-electron chi connectivity index (χ4n) is 2.92. The van der Waals surface area contributed by atoms with Crippen LogP contribution in [-0.2, 0) is 27.9 Å². The minimum atomic E-state index is -3.90. The van der Waals surface area contributed by atoms with Crippen molar-refractivity contribution in [2.24, 2.45) is 0 Å². The predicted molar refractivity (Wildman–Crippen MR) is 119 cm³/mol. The second-order valence-electron chi connectivity index (χ2n) is 7.16. The molecule has 0 unspecified atom stereocenters. The first kappa shape index (κ1) is 23.1. The molecule has 2 heterocycles. The van der Waals surface area contributed by atoms with Crippen molar-refractivity contribution in [2.45, 2.75) is 38.8 Å². The van der Waals surface area contributed by atoms with Crippen molar-refractivity contribution in [3.05, 3.63) is 81.7 Å². The van der Waals surface area contributed by atoms with Crippen molar-refractivity contribution in [3.63, 3.8) is 0 Å². The van der Waals surface area contributed by atoms with E-state index in [1.165, 1.54) is 22.9 Å². The third-order valence-electron chi connectivity index (χ3n) is 4.72. The highest BCUT2D eigenvalue weighted by Gasteiger charge is 2.16. The number of benzene rings is 1. The van der Waals surface area contributed by atoms with E-state index in [-0.39, 0.29) is 29.7 Å². The van der Waals surface area contributed by atoms with Crippen molar-refractivity contribution in [3.8, 4) is 0 Å². The summed E-state index contributed by atoms with van der Waals surface area (Å²) in [5, 5.41) is 2.77. The van der Waals surface area contributed by atoms with Gasteiger partial charge in [-0.3, -0.25) is 24.6 Å². The van der Waals surface area contributed by atoms with Crippen LogP contribution < -0.4 is 21.1 Å². The largest absolute Gasteiger partial charge is 0.350 e. The molecule has 168 valence electrons. The van der Waals surface area contributed by atoms with Crippen LogP contribution in [0.2, 0.25) is 0 Å². The molecule has 0 spiro atoms. The number of hydrogen-bond acceptors (Lipinski definition) is 7. The van der Waals surface area contributed by atoms with Crippen molar-refractivity contribution in [1.82, 2.24) is 24.7 Å². The summed E-state index contributed by atoms with van der Waals surface area (Å²) < 4.78 is 25.9. The van der Waals surface area contributed by atoms with Gasteiger partial charge in [-0.1, -0.05) is 24.3 Å². The molecule has 0 saturated heterocycles. The first-order valence-electron chi connectivity index (χ1n) is 9.76. The number of anilines is 1. The SMILES string of the molecule is Cc1ccc(CNC(=O)Cn2c(C)cnc(NNS(=O)(=O)c3ccccc3)c2=O)c(C)n1. The molecule has 3 rings (SSSR count). The molecule has 3 aromatic rings. The van der Waals surface area contributed by atoms with E-state index in [2.05, 4.69) is 25.5 Å². The first-order chi connectivity index (χ1) is 15.2. The van der Waals surface area contributed by atoms with Crippen molar-refractivity contribution >= 4 is 21.7 Å². The summed E-state index contributed by atoms with van der Waals surface area (Å²) >= 11 is 0. The van der Waals surface area contributed by atoms with Gasteiger partial charge in [0.2, 0.25) is 11.7 Å². The smallest absolute Gasteiger partial charge is 0.295 e. The van der Waals surface area contributed by atoms with Gasteiger partial charge in [0.25, 0.3) is 15.6 Å². The lowest BCUT2D eigenvalue weighted by molar-refractivity contribution is -0.121. The van der Waals surface area contributed by atoms with Gasteiger partial charge in [-0.05, 0) is 44.5 Å². The summed E-state index contributed by atoms with van der Waals surface area (Å²) in [6, 6.07) is 11.4. The van der Waals surface area contributed by atoms with Crippen molar-refractivity contribution in [1.29, 1.82) is 0 Å². The van der Waals surface area contributed by atoms with Crippen LogP contribution in [-0.4, -0.2) is 28.9 Å². The second kappa shape index (κ2) is 9.71. The van der Waals surface area contributed by atoms with Gasteiger partial charge in [-0.25, -0.2) is 13.4 Å². The Morgan fingerprint density at radius 2 is 1.78 bits per heavy atom. The van der Waals surface area contributed by atoms with E-state index >= 15 is 0 Å². The molecule has 0 bridgehead atoms. The summed E-state index contributed by atoms with van der Waals surface area (Å²) in [6.45, 7) is 5.41. The zero-order valence-corrected chi connectivity index (χ0v) is 18.7. The van der Waals surface area contributed by atoms with Gasteiger partial charge in [0.15, 0.2) is 0 Å². The Morgan fingerprint density at radius 3 is 2.47 bits per heavy atom. The number of hydrogen-bond donors (Lipinski definition) is 3. The van der Waals surface area contributed by atoms with Crippen LogP contribution in [0, 0.1) is 20.8 Å². The zero-order chi connectivity index (χ0) is 23.3. The molecule has 0 atom stereocenters. The molecule has 0 saturated carbocycles. The molecule has 32 heavy (non-hydrogen) atoms. The van der Waals surface area contributed by atoms with Gasteiger partial charge < -0.3 is 5.32 Å². The quantitative estimate of drug-likeness (QED) is 0.433. The minimum Gasteiger partial charge on any atom is -0.350 e. The van der Waals surface area contributed by atoms with Gasteiger partial charge in [0.1, 0.15) is 6.54 Å². The molecular weight excluding hydrogens is 432 g/mol. The Morgan fingerprint density at radius 1 is 1.06 bits per heavy atom. The molecule has 0 aliphatic carbocycles. The fourth-order valence-corrected chi connectivity index (χ4v) is 3.79. The van der Waals surface area contributed by atoms with Gasteiger partial charge in [-0.2, -0.15) is 0 Å². The normalized spacial score (nSPS) is 11.2. The average molecular weight is 457 g/mol. The van der Waals surface area contributed by atoms with E-state index in [4.69, 9.17) is 0 Å². The number of carbonyl (C=O) groups excluding carboxylic acids is 1. The van der Waals surface area contributed by atoms with E-state index in [1.807, 2.05) is 26.0 Å². The standard InChI is InChI=1S/C21H24N6O4S/c1-14-9-10-17(16(3)24-14)12-22-19(28)13-27-15(2)11-23-20(21(27)29)25-26-32(30,31)18-7-5-4-6-8-18/h4-11,26H,12-13H2,1-3H3,(H,22,28)(H,23,25). The van der Waals surface area contributed by atoms with Gasteiger partial charge in [0.05, 0.1) is 4.90 Å². The van der Waals surface area contributed by atoms with Crippen LogP contribution in [0.1, 0.15) is 22.6 Å². The van der Waals surface area contributed by atoms with E-state index in [0.717, 1.165) is 17.0 Å². The van der Waals surface area contributed by atoms with Gasteiger partial charge >= 0.3 is 0 Å². The van der Waals surface area contributed by atoms with Crippen molar-refractivity contribution in [2.75, 3.05) is 5.43 Å². The first-order valence-corrected chi connectivity index (χ1v) is 11.2. The number of nitrogens with one attached hydrogen (secondary N) is 3. The molecule has 0 aliphatic heterocycles. The van der Waals surface area contributed by atoms with Crippen LogP contribution in [0.5, 0.6) is 0 Å². The Balaban J connectivity index is 1.69. The highest BCUT2D eigenvalue weighted by Crippen LogP contribution is 2.08. The molecule has 10 nitrogen and oxygen atoms in total. The Bertz CT molecular complexity index is 1290. The number of aromatic nitrogens is 3. The highest BCUT2D eigenvalue weighted by atomic mass is 32.2. The summed E-state index contributed by atoms with van der Waals surface area (Å²) in [4.78, 5) is 35.7. The van der Waals surface area contributed by atoms with Crippen LogP contribution >= 0.6 is 0 Å². The summed E-state index contributed by atoms with van der Waals surface area (Å²) in [6.07, 6.45) is 1.38.